The molecule has 1 heterocycles. The summed E-state index contributed by atoms with van der Waals surface area (Å²) in [6.07, 6.45) is 6.02. The third-order valence-electron chi connectivity index (χ3n) is 3.21. The van der Waals surface area contributed by atoms with E-state index >= 15 is 0 Å². The number of aromatic nitrogens is 1. The number of hydrogen-bond donors (Lipinski definition) is 2. The minimum absolute atomic E-state index is 0.282. The smallest absolute Gasteiger partial charge is 0.165 e. The van der Waals surface area contributed by atoms with Gasteiger partial charge in [0, 0.05) is 18.8 Å². The van der Waals surface area contributed by atoms with Gasteiger partial charge in [0.15, 0.2) is 11.6 Å². The summed E-state index contributed by atoms with van der Waals surface area (Å²) >= 11 is 0. The Morgan fingerprint density at radius 3 is 2.81 bits per heavy atom. The lowest BCUT2D eigenvalue weighted by atomic mass is 9.86. The van der Waals surface area contributed by atoms with Gasteiger partial charge < -0.3 is 11.1 Å². The van der Waals surface area contributed by atoms with Crippen LogP contribution in [0.5, 0.6) is 0 Å². The second-order valence-electron chi connectivity index (χ2n) is 4.50. The lowest BCUT2D eigenvalue weighted by Crippen LogP contribution is -2.29. The molecule has 0 atom stereocenters. The molecule has 0 bridgehead atoms. The van der Waals surface area contributed by atoms with Crippen molar-refractivity contribution in [3.63, 3.8) is 0 Å². The van der Waals surface area contributed by atoms with Crippen LogP contribution in [0.25, 0.3) is 0 Å². The van der Waals surface area contributed by atoms with Gasteiger partial charge in [-0.1, -0.05) is 0 Å². The summed E-state index contributed by atoms with van der Waals surface area (Å²) in [7, 11) is 0. The lowest BCUT2D eigenvalue weighted by Gasteiger charge is -2.26. The van der Waals surface area contributed by atoms with Crippen molar-refractivity contribution in [2.24, 2.45) is 11.7 Å². The van der Waals surface area contributed by atoms with Gasteiger partial charge in [-0.15, -0.1) is 0 Å². The van der Waals surface area contributed by atoms with Gasteiger partial charge >= 0.3 is 0 Å². The van der Waals surface area contributed by atoms with E-state index in [1.54, 1.807) is 12.3 Å². The minimum Gasteiger partial charge on any atom is -0.367 e. The average molecular weight is 223 g/mol. The normalized spacial score (nSPS) is 25.4. The summed E-state index contributed by atoms with van der Waals surface area (Å²) in [5.41, 5.74) is 5.84. The van der Waals surface area contributed by atoms with Crippen molar-refractivity contribution >= 4 is 5.82 Å². The Balaban J connectivity index is 1.81. The van der Waals surface area contributed by atoms with Gasteiger partial charge in [0.1, 0.15) is 0 Å². The third-order valence-corrected chi connectivity index (χ3v) is 3.21. The van der Waals surface area contributed by atoms with Crippen molar-refractivity contribution in [3.8, 4) is 0 Å². The predicted octanol–water partition coefficient (Wildman–Crippen LogP) is 2.15. The molecule has 1 aliphatic rings. The molecule has 2 rings (SSSR count). The first kappa shape index (κ1) is 11.3. The van der Waals surface area contributed by atoms with Crippen molar-refractivity contribution in [1.29, 1.82) is 0 Å². The number of halogens is 1. The molecule has 1 aliphatic carbocycles. The molecular weight excluding hydrogens is 205 g/mol. The molecule has 1 aromatic heterocycles. The Morgan fingerprint density at radius 1 is 1.38 bits per heavy atom. The van der Waals surface area contributed by atoms with Crippen LogP contribution in [0.1, 0.15) is 25.7 Å². The van der Waals surface area contributed by atoms with Crippen LogP contribution in [0.15, 0.2) is 18.3 Å². The van der Waals surface area contributed by atoms with E-state index in [1.165, 1.54) is 6.07 Å². The largest absolute Gasteiger partial charge is 0.367 e. The van der Waals surface area contributed by atoms with Crippen LogP contribution in [0.2, 0.25) is 0 Å². The summed E-state index contributed by atoms with van der Waals surface area (Å²) < 4.78 is 13.3. The number of nitrogens with two attached hydrogens (primary N) is 1. The summed E-state index contributed by atoms with van der Waals surface area (Å²) in [6, 6.07) is 3.38. The second kappa shape index (κ2) is 5.25. The third kappa shape index (κ3) is 2.92. The molecule has 16 heavy (non-hydrogen) atoms. The van der Waals surface area contributed by atoms with Gasteiger partial charge in [0.25, 0.3) is 0 Å². The van der Waals surface area contributed by atoms with Crippen molar-refractivity contribution < 1.29 is 4.39 Å². The van der Waals surface area contributed by atoms with Gasteiger partial charge in [-0.3, -0.25) is 0 Å². The first-order valence-electron chi connectivity index (χ1n) is 5.85. The van der Waals surface area contributed by atoms with E-state index in [2.05, 4.69) is 10.3 Å². The number of nitrogens with one attached hydrogen (secondary N) is 1. The zero-order chi connectivity index (χ0) is 11.4. The fourth-order valence-corrected chi connectivity index (χ4v) is 2.15. The highest BCUT2D eigenvalue weighted by Crippen LogP contribution is 2.23. The van der Waals surface area contributed by atoms with Crippen LogP contribution in [-0.2, 0) is 0 Å². The quantitative estimate of drug-likeness (QED) is 0.825. The maximum Gasteiger partial charge on any atom is 0.165 e. The zero-order valence-corrected chi connectivity index (χ0v) is 9.32. The van der Waals surface area contributed by atoms with E-state index in [9.17, 15) is 4.39 Å². The standard InChI is InChI=1S/C12H18FN3/c13-11-2-1-7-15-12(11)16-8-9-3-5-10(14)6-4-9/h1-2,7,9-10H,3-6,8,14H2,(H,15,16). The second-order valence-corrected chi connectivity index (χ2v) is 4.50. The maximum absolute atomic E-state index is 13.3. The molecule has 3 N–H and O–H groups in total. The monoisotopic (exact) mass is 223 g/mol. The Labute approximate surface area is 95.3 Å². The molecule has 3 nitrogen and oxygen atoms in total. The molecule has 0 aliphatic heterocycles. The minimum atomic E-state index is -0.282. The van der Waals surface area contributed by atoms with Crippen molar-refractivity contribution in [3.05, 3.63) is 24.1 Å². The van der Waals surface area contributed by atoms with Gasteiger partial charge in [-0.25, -0.2) is 9.37 Å². The molecule has 0 radical (unpaired) electrons. The van der Waals surface area contributed by atoms with Gasteiger partial charge in [-0.2, -0.15) is 0 Å². The van der Waals surface area contributed by atoms with Crippen LogP contribution in [0.3, 0.4) is 0 Å². The van der Waals surface area contributed by atoms with E-state index in [-0.39, 0.29) is 5.82 Å². The van der Waals surface area contributed by atoms with Crippen molar-refractivity contribution in [1.82, 2.24) is 4.98 Å². The summed E-state index contributed by atoms with van der Waals surface area (Å²) in [5, 5.41) is 3.07. The van der Waals surface area contributed by atoms with Crippen molar-refractivity contribution in [2.75, 3.05) is 11.9 Å². The van der Waals surface area contributed by atoms with Crippen LogP contribution in [0, 0.1) is 11.7 Å². The average Bonchev–Trinajstić information content (AvgIpc) is 2.30. The van der Waals surface area contributed by atoms with E-state index < -0.39 is 0 Å². The van der Waals surface area contributed by atoms with Gasteiger partial charge in [0.2, 0.25) is 0 Å². The molecule has 1 aromatic rings. The highest BCUT2D eigenvalue weighted by atomic mass is 19.1. The first-order chi connectivity index (χ1) is 7.75. The topological polar surface area (TPSA) is 50.9 Å². The van der Waals surface area contributed by atoms with Gasteiger partial charge in [-0.05, 0) is 43.7 Å². The fraction of sp³-hybridized carbons (Fsp3) is 0.583. The fourth-order valence-electron chi connectivity index (χ4n) is 2.15. The number of pyridine rings is 1. The van der Waals surface area contributed by atoms with E-state index in [4.69, 9.17) is 5.73 Å². The summed E-state index contributed by atoms with van der Waals surface area (Å²) in [6.45, 7) is 0.792. The maximum atomic E-state index is 13.3. The number of nitrogens with zero attached hydrogens (tertiary/aromatic N) is 1. The van der Waals surface area contributed by atoms with Gasteiger partial charge in [0.05, 0.1) is 0 Å². The van der Waals surface area contributed by atoms with Crippen LogP contribution in [0.4, 0.5) is 10.2 Å². The number of hydrogen-bond acceptors (Lipinski definition) is 3. The van der Waals surface area contributed by atoms with E-state index in [0.717, 1.165) is 32.2 Å². The molecule has 1 fully saturated rings. The molecule has 0 aromatic carbocycles. The lowest BCUT2D eigenvalue weighted by molar-refractivity contribution is 0.338. The summed E-state index contributed by atoms with van der Waals surface area (Å²) in [5.74, 6) is 0.675. The Bertz CT molecular complexity index is 335. The molecule has 0 amide bonds. The predicted molar refractivity (Wildman–Crippen MR) is 62.6 cm³/mol. The molecule has 4 heteroatoms. The molecule has 88 valence electrons. The number of rotatable bonds is 3. The van der Waals surface area contributed by atoms with Crippen LogP contribution < -0.4 is 11.1 Å². The highest BCUT2D eigenvalue weighted by Gasteiger charge is 2.18. The van der Waals surface area contributed by atoms with Crippen LogP contribution in [-0.4, -0.2) is 17.6 Å². The van der Waals surface area contributed by atoms with Crippen molar-refractivity contribution in [2.45, 2.75) is 31.7 Å². The SMILES string of the molecule is NC1CCC(CNc2ncccc2F)CC1. The van der Waals surface area contributed by atoms with E-state index in [0.29, 0.717) is 17.8 Å². The van der Waals surface area contributed by atoms with E-state index in [1.807, 2.05) is 0 Å². The molecule has 1 saturated carbocycles. The first-order valence-corrected chi connectivity index (χ1v) is 5.85. The molecule has 0 spiro atoms. The summed E-state index contributed by atoms with van der Waals surface area (Å²) in [4.78, 5) is 3.97. The molecule has 0 unspecified atom stereocenters. The highest BCUT2D eigenvalue weighted by molar-refractivity contribution is 5.35. The zero-order valence-electron chi connectivity index (χ0n) is 9.32. The number of anilines is 1. The Morgan fingerprint density at radius 2 is 2.12 bits per heavy atom. The Hall–Kier alpha value is -1.16. The molecular formula is C12H18FN3. The molecule has 0 saturated heterocycles. The Kier molecular flexibility index (Phi) is 3.72. The van der Waals surface area contributed by atoms with Crippen LogP contribution >= 0.6 is 0 Å².